The van der Waals surface area contributed by atoms with E-state index in [-0.39, 0.29) is 17.3 Å². The molecule has 0 bridgehead atoms. The van der Waals surface area contributed by atoms with Crippen molar-refractivity contribution in [3.63, 3.8) is 0 Å². The molecule has 0 saturated heterocycles. The third-order valence-corrected chi connectivity index (χ3v) is 5.48. The summed E-state index contributed by atoms with van der Waals surface area (Å²) in [6.07, 6.45) is 0. The van der Waals surface area contributed by atoms with Gasteiger partial charge in [0.25, 0.3) is 5.91 Å². The van der Waals surface area contributed by atoms with Gasteiger partial charge >= 0.3 is 0 Å². The third-order valence-electron chi connectivity index (χ3n) is 3.64. The van der Waals surface area contributed by atoms with Gasteiger partial charge in [-0.25, -0.2) is 12.7 Å². The van der Waals surface area contributed by atoms with Crippen LogP contribution >= 0.6 is 0 Å². The van der Waals surface area contributed by atoms with Gasteiger partial charge in [-0.1, -0.05) is 0 Å². The largest absolute Gasteiger partial charge is 0.492 e. The molecule has 148 valence electrons. The number of ether oxygens (including phenoxy) is 2. The molecule has 0 radical (unpaired) electrons. The van der Waals surface area contributed by atoms with Crippen LogP contribution in [0.1, 0.15) is 12.5 Å². The van der Waals surface area contributed by atoms with Crippen LogP contribution in [0.2, 0.25) is 0 Å². The fourth-order valence-electron chi connectivity index (χ4n) is 2.23. The molecule has 0 spiro atoms. The molecule has 0 aromatic heterocycles. The summed E-state index contributed by atoms with van der Waals surface area (Å²) in [4.78, 5) is 12.1. The minimum Gasteiger partial charge on any atom is -0.492 e. The lowest BCUT2D eigenvalue weighted by Gasteiger charge is -2.16. The number of anilines is 1. The number of nitrogens with zero attached hydrogens (tertiary/aromatic N) is 2. The van der Waals surface area contributed by atoms with Crippen molar-refractivity contribution in [3.8, 4) is 17.6 Å². The number of amides is 1. The SMILES string of the molecule is CCOc1ccc(NC(=O)COc2ccc(C#N)cc2)cc1S(=O)(=O)N(C)C. The predicted octanol–water partition coefficient (Wildman–Crippen LogP) is 2.22. The van der Waals surface area contributed by atoms with Gasteiger partial charge in [0.15, 0.2) is 6.61 Å². The van der Waals surface area contributed by atoms with Crippen molar-refractivity contribution in [1.82, 2.24) is 4.31 Å². The molecule has 2 rings (SSSR count). The predicted molar refractivity (Wildman–Crippen MR) is 104 cm³/mol. The first-order chi connectivity index (χ1) is 13.3. The van der Waals surface area contributed by atoms with Crippen molar-refractivity contribution in [2.45, 2.75) is 11.8 Å². The summed E-state index contributed by atoms with van der Waals surface area (Å²) in [6, 6.07) is 12.7. The van der Waals surface area contributed by atoms with Gasteiger partial charge in [0.2, 0.25) is 10.0 Å². The van der Waals surface area contributed by atoms with E-state index in [2.05, 4.69) is 5.32 Å². The molecule has 2 aromatic carbocycles. The topological polar surface area (TPSA) is 109 Å². The standard InChI is InChI=1S/C19H21N3O5S/c1-4-26-17-10-7-15(11-18(17)28(24,25)22(2)3)21-19(23)13-27-16-8-5-14(12-20)6-9-16/h5-11H,4,13H2,1-3H3,(H,21,23). The van der Waals surface area contributed by atoms with Gasteiger partial charge in [-0.2, -0.15) is 5.26 Å². The average molecular weight is 403 g/mol. The van der Waals surface area contributed by atoms with E-state index in [4.69, 9.17) is 14.7 Å². The lowest BCUT2D eigenvalue weighted by Crippen LogP contribution is -2.24. The monoisotopic (exact) mass is 403 g/mol. The summed E-state index contributed by atoms with van der Waals surface area (Å²) in [7, 11) is -0.914. The maximum absolute atomic E-state index is 12.5. The summed E-state index contributed by atoms with van der Waals surface area (Å²) in [6.45, 7) is 1.79. The van der Waals surface area contributed by atoms with Crippen molar-refractivity contribution < 1.29 is 22.7 Å². The van der Waals surface area contributed by atoms with E-state index in [1.165, 1.54) is 26.2 Å². The fraction of sp³-hybridized carbons (Fsp3) is 0.263. The minimum atomic E-state index is -3.75. The maximum atomic E-state index is 12.5. The normalized spacial score (nSPS) is 11.0. The maximum Gasteiger partial charge on any atom is 0.262 e. The van der Waals surface area contributed by atoms with E-state index in [0.29, 0.717) is 23.6 Å². The van der Waals surface area contributed by atoms with E-state index in [1.807, 2.05) is 6.07 Å². The van der Waals surface area contributed by atoms with Crippen molar-refractivity contribution in [1.29, 1.82) is 5.26 Å². The van der Waals surface area contributed by atoms with Gasteiger partial charge in [0.05, 0.1) is 18.2 Å². The number of carbonyl (C=O) groups excluding carboxylic acids is 1. The van der Waals surface area contributed by atoms with Crippen LogP contribution in [0.5, 0.6) is 11.5 Å². The first-order valence-electron chi connectivity index (χ1n) is 8.40. The van der Waals surface area contributed by atoms with Gasteiger partial charge in [-0.05, 0) is 49.4 Å². The Kier molecular flexibility index (Phi) is 6.98. The fourth-order valence-corrected chi connectivity index (χ4v) is 3.28. The van der Waals surface area contributed by atoms with Gasteiger partial charge in [0.1, 0.15) is 16.4 Å². The van der Waals surface area contributed by atoms with Crippen LogP contribution in [0.4, 0.5) is 5.69 Å². The molecule has 9 heteroatoms. The van der Waals surface area contributed by atoms with Gasteiger partial charge in [-0.15, -0.1) is 0 Å². The van der Waals surface area contributed by atoms with Crippen LogP contribution in [0.25, 0.3) is 0 Å². The Morgan fingerprint density at radius 3 is 2.39 bits per heavy atom. The number of nitrogens with one attached hydrogen (secondary N) is 1. The van der Waals surface area contributed by atoms with Crippen LogP contribution in [0.3, 0.4) is 0 Å². The summed E-state index contributed by atoms with van der Waals surface area (Å²) < 4.78 is 36.9. The molecule has 2 aromatic rings. The molecule has 0 atom stereocenters. The highest BCUT2D eigenvalue weighted by Crippen LogP contribution is 2.29. The van der Waals surface area contributed by atoms with Crippen molar-refractivity contribution >= 4 is 21.6 Å². The van der Waals surface area contributed by atoms with Crippen LogP contribution in [0.15, 0.2) is 47.4 Å². The van der Waals surface area contributed by atoms with E-state index in [0.717, 1.165) is 4.31 Å². The number of carbonyl (C=O) groups is 1. The van der Waals surface area contributed by atoms with Crippen molar-refractivity contribution in [2.75, 3.05) is 32.6 Å². The number of benzene rings is 2. The Hall–Kier alpha value is -3.09. The lowest BCUT2D eigenvalue weighted by atomic mass is 10.2. The zero-order valence-corrected chi connectivity index (χ0v) is 16.6. The van der Waals surface area contributed by atoms with Gasteiger partial charge in [-0.3, -0.25) is 4.79 Å². The summed E-state index contributed by atoms with van der Waals surface area (Å²) >= 11 is 0. The van der Waals surface area contributed by atoms with Crippen LogP contribution < -0.4 is 14.8 Å². The third kappa shape index (κ3) is 5.22. The Bertz CT molecular complexity index is 980. The molecule has 0 aliphatic carbocycles. The molecule has 0 saturated carbocycles. The van der Waals surface area contributed by atoms with Crippen LogP contribution in [-0.4, -0.2) is 45.9 Å². The molecule has 1 N–H and O–H groups in total. The summed E-state index contributed by atoms with van der Waals surface area (Å²) in [5.41, 5.74) is 0.790. The van der Waals surface area contributed by atoms with E-state index in [9.17, 15) is 13.2 Å². The minimum absolute atomic E-state index is 0.0369. The van der Waals surface area contributed by atoms with E-state index < -0.39 is 15.9 Å². The molecule has 1 amide bonds. The zero-order valence-electron chi connectivity index (χ0n) is 15.8. The number of sulfonamides is 1. The highest BCUT2D eigenvalue weighted by atomic mass is 32.2. The summed E-state index contributed by atoms with van der Waals surface area (Å²) in [5, 5.41) is 11.4. The second-order valence-electron chi connectivity index (χ2n) is 5.85. The number of hydrogen-bond donors (Lipinski definition) is 1. The Balaban J connectivity index is 2.12. The summed E-state index contributed by atoms with van der Waals surface area (Å²) in [5.74, 6) is 0.196. The van der Waals surface area contributed by atoms with Crippen LogP contribution in [0, 0.1) is 11.3 Å². The number of hydrogen-bond acceptors (Lipinski definition) is 6. The molecule has 0 heterocycles. The lowest BCUT2D eigenvalue weighted by molar-refractivity contribution is -0.118. The zero-order chi connectivity index (χ0) is 20.7. The van der Waals surface area contributed by atoms with Gasteiger partial charge < -0.3 is 14.8 Å². The Labute approximate surface area is 164 Å². The Morgan fingerprint density at radius 1 is 1.14 bits per heavy atom. The first-order valence-corrected chi connectivity index (χ1v) is 9.84. The quantitative estimate of drug-likeness (QED) is 0.724. The second kappa shape index (κ2) is 9.21. The molecule has 0 aliphatic heterocycles. The second-order valence-corrected chi connectivity index (χ2v) is 7.98. The van der Waals surface area contributed by atoms with Crippen molar-refractivity contribution in [3.05, 3.63) is 48.0 Å². The smallest absolute Gasteiger partial charge is 0.262 e. The first kappa shape index (κ1) is 21.2. The average Bonchev–Trinajstić information content (AvgIpc) is 2.68. The molecule has 8 nitrogen and oxygen atoms in total. The van der Waals surface area contributed by atoms with Gasteiger partial charge in [0, 0.05) is 19.8 Å². The highest BCUT2D eigenvalue weighted by molar-refractivity contribution is 7.89. The number of rotatable bonds is 8. The number of nitriles is 1. The molecular weight excluding hydrogens is 382 g/mol. The van der Waals surface area contributed by atoms with Crippen LogP contribution in [-0.2, 0) is 14.8 Å². The molecular formula is C19H21N3O5S. The molecule has 28 heavy (non-hydrogen) atoms. The molecule has 0 fully saturated rings. The van der Waals surface area contributed by atoms with E-state index >= 15 is 0 Å². The molecule has 0 unspecified atom stereocenters. The van der Waals surface area contributed by atoms with Crippen molar-refractivity contribution in [2.24, 2.45) is 0 Å². The Morgan fingerprint density at radius 2 is 1.82 bits per heavy atom. The molecule has 0 aliphatic rings. The van der Waals surface area contributed by atoms with E-state index in [1.54, 1.807) is 37.3 Å². The highest BCUT2D eigenvalue weighted by Gasteiger charge is 2.23.